The Labute approximate surface area is 176 Å². The minimum absolute atomic E-state index is 0.110. The fourth-order valence-corrected chi connectivity index (χ4v) is 3.49. The number of hydrogen-bond donors (Lipinski definition) is 1. The summed E-state index contributed by atoms with van der Waals surface area (Å²) in [5.74, 6) is -0.440. The van der Waals surface area contributed by atoms with Crippen LogP contribution in [0.1, 0.15) is 38.8 Å². The second-order valence-electron chi connectivity index (χ2n) is 7.48. The van der Waals surface area contributed by atoms with E-state index in [4.69, 9.17) is 9.47 Å². The molecule has 6 nitrogen and oxygen atoms in total. The maximum Gasteiger partial charge on any atom is 0.294 e. The van der Waals surface area contributed by atoms with Crippen LogP contribution in [-0.4, -0.2) is 30.5 Å². The summed E-state index contributed by atoms with van der Waals surface area (Å²) in [7, 11) is 1.56. The molecule has 3 rings (SSSR count). The molecular formula is C24H27NO5. The van der Waals surface area contributed by atoms with Crippen molar-refractivity contribution in [2.24, 2.45) is 5.92 Å². The second kappa shape index (κ2) is 9.03. The van der Waals surface area contributed by atoms with Crippen LogP contribution in [0.5, 0.6) is 11.5 Å². The SMILES string of the molecule is CCCOc1cccc(C2C(C(=O)C(C)C)=C(O)C(=O)N2c2ccc(OC)cc2)c1. The average molecular weight is 409 g/mol. The molecule has 0 saturated carbocycles. The van der Waals surface area contributed by atoms with Gasteiger partial charge in [0.05, 0.1) is 25.3 Å². The number of carbonyl (C=O) groups excluding carboxylic acids is 2. The lowest BCUT2D eigenvalue weighted by Crippen LogP contribution is -2.31. The Balaban J connectivity index is 2.12. The van der Waals surface area contributed by atoms with Crippen LogP contribution in [0.3, 0.4) is 0 Å². The predicted octanol–water partition coefficient (Wildman–Crippen LogP) is 4.61. The van der Waals surface area contributed by atoms with E-state index in [-0.39, 0.29) is 17.3 Å². The Morgan fingerprint density at radius 3 is 2.43 bits per heavy atom. The minimum atomic E-state index is -0.744. The van der Waals surface area contributed by atoms with Gasteiger partial charge in [0.1, 0.15) is 11.5 Å². The fraction of sp³-hybridized carbons (Fsp3) is 0.333. The summed E-state index contributed by atoms with van der Waals surface area (Å²) < 4.78 is 10.9. The largest absolute Gasteiger partial charge is 0.503 e. The number of aliphatic hydroxyl groups excluding tert-OH is 1. The Bertz CT molecular complexity index is 962. The maximum absolute atomic E-state index is 13.0. The first-order valence-electron chi connectivity index (χ1n) is 10.1. The molecule has 2 aromatic rings. The highest BCUT2D eigenvalue weighted by Gasteiger charge is 2.44. The summed E-state index contributed by atoms with van der Waals surface area (Å²) >= 11 is 0. The topological polar surface area (TPSA) is 76.1 Å². The minimum Gasteiger partial charge on any atom is -0.503 e. The molecule has 6 heteroatoms. The molecule has 0 aliphatic carbocycles. The number of anilines is 1. The molecular weight excluding hydrogens is 382 g/mol. The molecule has 1 amide bonds. The van der Waals surface area contributed by atoms with E-state index >= 15 is 0 Å². The maximum atomic E-state index is 13.0. The number of methoxy groups -OCH3 is 1. The number of carbonyl (C=O) groups is 2. The highest BCUT2D eigenvalue weighted by atomic mass is 16.5. The average Bonchev–Trinajstić information content (AvgIpc) is 3.02. The molecule has 1 aliphatic heterocycles. The summed E-state index contributed by atoms with van der Waals surface area (Å²) in [6.07, 6.45) is 0.863. The van der Waals surface area contributed by atoms with Gasteiger partial charge in [-0.3, -0.25) is 14.5 Å². The van der Waals surface area contributed by atoms with Crippen molar-refractivity contribution in [1.82, 2.24) is 0 Å². The lowest BCUT2D eigenvalue weighted by Gasteiger charge is -2.27. The zero-order chi connectivity index (χ0) is 21.8. The number of hydrogen-bond acceptors (Lipinski definition) is 5. The number of aliphatic hydroxyl groups is 1. The molecule has 0 radical (unpaired) electrons. The van der Waals surface area contributed by atoms with Gasteiger partial charge in [0, 0.05) is 11.6 Å². The van der Waals surface area contributed by atoms with Gasteiger partial charge in [-0.05, 0) is 48.4 Å². The van der Waals surface area contributed by atoms with Crippen LogP contribution < -0.4 is 14.4 Å². The summed E-state index contributed by atoms with van der Waals surface area (Å²) in [5.41, 5.74) is 1.36. The van der Waals surface area contributed by atoms with Crippen LogP contribution in [0.15, 0.2) is 59.9 Å². The van der Waals surface area contributed by atoms with Crippen molar-refractivity contribution < 1.29 is 24.2 Å². The molecule has 1 N–H and O–H groups in total. The molecule has 158 valence electrons. The normalized spacial score (nSPS) is 16.4. The molecule has 0 saturated heterocycles. The number of Topliss-reactive ketones (excluding diaryl/α,β-unsaturated/α-hetero) is 1. The lowest BCUT2D eigenvalue weighted by atomic mass is 9.91. The van der Waals surface area contributed by atoms with Crippen LogP contribution in [0.2, 0.25) is 0 Å². The van der Waals surface area contributed by atoms with Gasteiger partial charge < -0.3 is 14.6 Å². The van der Waals surface area contributed by atoms with E-state index in [1.54, 1.807) is 45.2 Å². The van der Waals surface area contributed by atoms with Gasteiger partial charge in [-0.25, -0.2) is 0 Å². The number of nitrogens with zero attached hydrogens (tertiary/aromatic N) is 1. The smallest absolute Gasteiger partial charge is 0.294 e. The van der Waals surface area contributed by atoms with E-state index in [9.17, 15) is 14.7 Å². The summed E-state index contributed by atoms with van der Waals surface area (Å²) in [6.45, 7) is 6.08. The zero-order valence-corrected chi connectivity index (χ0v) is 17.7. The monoisotopic (exact) mass is 409 g/mol. The van der Waals surface area contributed by atoms with Gasteiger partial charge in [-0.1, -0.05) is 32.9 Å². The van der Waals surface area contributed by atoms with Gasteiger partial charge in [0.15, 0.2) is 11.5 Å². The summed E-state index contributed by atoms with van der Waals surface area (Å²) in [5, 5.41) is 10.7. The van der Waals surface area contributed by atoms with E-state index in [1.165, 1.54) is 4.90 Å². The van der Waals surface area contributed by atoms with E-state index in [1.807, 2.05) is 31.2 Å². The van der Waals surface area contributed by atoms with E-state index in [2.05, 4.69) is 0 Å². The second-order valence-corrected chi connectivity index (χ2v) is 7.48. The van der Waals surface area contributed by atoms with Crippen molar-refractivity contribution in [3.63, 3.8) is 0 Å². The van der Waals surface area contributed by atoms with Gasteiger partial charge in [-0.2, -0.15) is 0 Å². The van der Waals surface area contributed by atoms with Gasteiger partial charge in [0.2, 0.25) is 0 Å². The van der Waals surface area contributed by atoms with Crippen molar-refractivity contribution in [2.45, 2.75) is 33.2 Å². The van der Waals surface area contributed by atoms with Crippen LogP contribution >= 0.6 is 0 Å². The van der Waals surface area contributed by atoms with Crippen molar-refractivity contribution in [1.29, 1.82) is 0 Å². The Morgan fingerprint density at radius 1 is 1.13 bits per heavy atom. The van der Waals surface area contributed by atoms with Gasteiger partial charge in [0.25, 0.3) is 5.91 Å². The van der Waals surface area contributed by atoms with Crippen LogP contribution in [0, 0.1) is 5.92 Å². The molecule has 0 fully saturated rings. The molecule has 0 spiro atoms. The zero-order valence-electron chi connectivity index (χ0n) is 17.7. The van der Waals surface area contributed by atoms with Crippen molar-refractivity contribution >= 4 is 17.4 Å². The summed E-state index contributed by atoms with van der Waals surface area (Å²) in [4.78, 5) is 27.5. The van der Waals surface area contributed by atoms with Crippen LogP contribution in [0.25, 0.3) is 0 Å². The van der Waals surface area contributed by atoms with E-state index in [0.717, 1.165) is 6.42 Å². The van der Waals surface area contributed by atoms with Crippen molar-refractivity contribution in [2.75, 3.05) is 18.6 Å². The highest BCUT2D eigenvalue weighted by Crippen LogP contribution is 2.42. The number of ketones is 1. The fourth-order valence-electron chi connectivity index (χ4n) is 3.49. The molecule has 0 bridgehead atoms. The third-order valence-electron chi connectivity index (χ3n) is 5.00. The standard InChI is InChI=1S/C24H27NO5/c1-5-13-30-19-8-6-7-16(14-19)21-20(22(26)15(2)3)23(27)24(28)25(21)17-9-11-18(29-4)12-10-17/h6-12,14-15,21,27H,5,13H2,1-4H3. The van der Waals surface area contributed by atoms with Crippen molar-refractivity contribution in [3.8, 4) is 11.5 Å². The number of rotatable bonds is 8. The molecule has 2 aromatic carbocycles. The predicted molar refractivity (Wildman–Crippen MR) is 115 cm³/mol. The first-order chi connectivity index (χ1) is 14.4. The van der Waals surface area contributed by atoms with Gasteiger partial charge >= 0.3 is 0 Å². The van der Waals surface area contributed by atoms with E-state index < -0.39 is 17.7 Å². The number of ether oxygens (including phenoxy) is 2. The third kappa shape index (κ3) is 4.03. The number of amides is 1. The van der Waals surface area contributed by atoms with E-state index in [0.29, 0.717) is 29.4 Å². The number of benzene rings is 2. The van der Waals surface area contributed by atoms with Crippen molar-refractivity contribution in [3.05, 3.63) is 65.4 Å². The third-order valence-corrected chi connectivity index (χ3v) is 5.00. The quantitative estimate of drug-likeness (QED) is 0.689. The first kappa shape index (κ1) is 21.4. The molecule has 30 heavy (non-hydrogen) atoms. The molecule has 1 unspecified atom stereocenters. The van der Waals surface area contributed by atoms with Crippen LogP contribution in [0.4, 0.5) is 5.69 Å². The molecule has 1 atom stereocenters. The summed E-state index contributed by atoms with van der Waals surface area (Å²) in [6, 6.07) is 13.5. The Morgan fingerprint density at radius 2 is 1.83 bits per heavy atom. The highest BCUT2D eigenvalue weighted by molar-refractivity contribution is 6.16. The Kier molecular flexibility index (Phi) is 6.45. The Hall–Kier alpha value is -3.28. The first-order valence-corrected chi connectivity index (χ1v) is 10.1. The van der Waals surface area contributed by atoms with Crippen LogP contribution in [-0.2, 0) is 9.59 Å². The molecule has 0 aromatic heterocycles. The van der Waals surface area contributed by atoms with Gasteiger partial charge in [-0.15, -0.1) is 0 Å². The molecule has 1 heterocycles. The molecule has 1 aliphatic rings. The lowest BCUT2D eigenvalue weighted by molar-refractivity contribution is -0.119.